The van der Waals surface area contributed by atoms with Gasteiger partial charge in [-0.3, -0.25) is 9.69 Å². The second-order valence-electron chi connectivity index (χ2n) is 7.78. The number of rotatable bonds is 4. The zero-order chi connectivity index (χ0) is 17.3. The van der Waals surface area contributed by atoms with Crippen molar-refractivity contribution < 1.29 is 9.53 Å². The predicted octanol–water partition coefficient (Wildman–Crippen LogP) is 3.80. The van der Waals surface area contributed by atoms with Gasteiger partial charge in [0.05, 0.1) is 13.2 Å². The second kappa shape index (κ2) is 6.75. The molecule has 132 valence electrons. The Morgan fingerprint density at radius 3 is 2.67 bits per heavy atom. The number of fused-ring (bicyclic) bond motifs is 1. The van der Waals surface area contributed by atoms with E-state index < -0.39 is 0 Å². The monoisotopic (exact) mass is 330 g/mol. The van der Waals surface area contributed by atoms with Crippen LogP contribution in [0.1, 0.15) is 58.4 Å². The first-order valence-electron chi connectivity index (χ1n) is 9.24. The summed E-state index contributed by atoms with van der Waals surface area (Å²) in [7, 11) is 0. The van der Waals surface area contributed by atoms with Crippen LogP contribution in [0.5, 0.6) is 5.75 Å². The van der Waals surface area contributed by atoms with Gasteiger partial charge in [0.2, 0.25) is 5.91 Å². The number of nitrogens with zero attached hydrogens (tertiary/aromatic N) is 2. The fourth-order valence-electron chi connectivity index (χ4n) is 4.34. The number of anilines is 1. The normalized spacial score (nSPS) is 23.2. The van der Waals surface area contributed by atoms with E-state index in [-0.39, 0.29) is 11.4 Å². The Kier molecular flexibility index (Phi) is 4.86. The number of carbonyl (C=O) groups is 1. The quantitative estimate of drug-likeness (QED) is 0.842. The average molecular weight is 330 g/mol. The zero-order valence-corrected chi connectivity index (χ0v) is 15.5. The van der Waals surface area contributed by atoms with Crippen molar-refractivity contribution in [2.45, 2.75) is 58.4 Å². The summed E-state index contributed by atoms with van der Waals surface area (Å²) in [6, 6.07) is 6.18. The van der Waals surface area contributed by atoms with E-state index in [1.54, 1.807) is 0 Å². The highest BCUT2D eigenvalue weighted by Gasteiger charge is 2.40. The molecule has 0 spiro atoms. The number of ether oxygens (including phenoxy) is 1. The van der Waals surface area contributed by atoms with Gasteiger partial charge in [0.15, 0.2) is 0 Å². The Hall–Kier alpha value is -1.55. The maximum atomic E-state index is 13.1. The summed E-state index contributed by atoms with van der Waals surface area (Å²) < 4.78 is 5.66. The van der Waals surface area contributed by atoms with Crippen molar-refractivity contribution in [3.05, 3.63) is 23.8 Å². The van der Waals surface area contributed by atoms with Gasteiger partial charge in [0.25, 0.3) is 0 Å². The van der Waals surface area contributed by atoms with Crippen molar-refractivity contribution in [1.82, 2.24) is 4.90 Å². The summed E-state index contributed by atoms with van der Waals surface area (Å²) in [4.78, 5) is 17.4. The van der Waals surface area contributed by atoms with Gasteiger partial charge in [0.1, 0.15) is 5.75 Å². The number of amides is 1. The molecule has 4 nitrogen and oxygen atoms in total. The molecule has 1 aromatic rings. The van der Waals surface area contributed by atoms with Crippen molar-refractivity contribution in [3.8, 4) is 5.75 Å². The molecule has 2 aliphatic heterocycles. The number of hydrogen-bond donors (Lipinski definition) is 0. The summed E-state index contributed by atoms with van der Waals surface area (Å²) >= 11 is 0. The minimum Gasteiger partial charge on any atom is -0.494 e. The highest BCUT2D eigenvalue weighted by atomic mass is 16.5. The third-order valence-corrected chi connectivity index (χ3v) is 5.30. The second-order valence-corrected chi connectivity index (χ2v) is 7.78. The van der Waals surface area contributed by atoms with Gasteiger partial charge < -0.3 is 9.64 Å². The SMILES string of the molecule is CCOc1ccc2c(c1)C(C)CC(C)(C)N2C(=O)CN1CCCC1. The topological polar surface area (TPSA) is 32.8 Å². The average Bonchev–Trinajstić information content (AvgIpc) is 3.00. The minimum atomic E-state index is -0.156. The van der Waals surface area contributed by atoms with Crippen LogP contribution in [0.25, 0.3) is 0 Å². The first-order chi connectivity index (χ1) is 11.4. The van der Waals surface area contributed by atoms with E-state index in [0.29, 0.717) is 19.1 Å². The van der Waals surface area contributed by atoms with Crippen molar-refractivity contribution >= 4 is 11.6 Å². The van der Waals surface area contributed by atoms with Gasteiger partial charge in [0, 0.05) is 11.2 Å². The number of hydrogen-bond acceptors (Lipinski definition) is 3. The van der Waals surface area contributed by atoms with Crippen LogP contribution in [0.15, 0.2) is 18.2 Å². The molecule has 0 bridgehead atoms. The van der Waals surface area contributed by atoms with Gasteiger partial charge in [-0.05, 0) is 82.8 Å². The third kappa shape index (κ3) is 3.30. The molecular weight excluding hydrogens is 300 g/mol. The molecule has 1 saturated heterocycles. The fraction of sp³-hybridized carbons (Fsp3) is 0.650. The predicted molar refractivity (Wildman–Crippen MR) is 97.9 cm³/mol. The third-order valence-electron chi connectivity index (χ3n) is 5.30. The maximum Gasteiger partial charge on any atom is 0.241 e. The fourth-order valence-corrected chi connectivity index (χ4v) is 4.34. The summed E-state index contributed by atoms with van der Waals surface area (Å²) in [6.07, 6.45) is 3.39. The lowest BCUT2D eigenvalue weighted by atomic mass is 9.80. The lowest BCUT2D eigenvalue weighted by molar-refractivity contribution is -0.120. The summed E-state index contributed by atoms with van der Waals surface area (Å²) in [5.74, 6) is 1.54. The Balaban J connectivity index is 1.92. The maximum absolute atomic E-state index is 13.1. The molecule has 1 atom stereocenters. The molecule has 0 aliphatic carbocycles. The molecular formula is C20H30N2O2. The van der Waals surface area contributed by atoms with Crippen molar-refractivity contribution in [1.29, 1.82) is 0 Å². The summed E-state index contributed by atoms with van der Waals surface area (Å²) in [5.41, 5.74) is 2.14. The van der Waals surface area contributed by atoms with Gasteiger partial charge >= 0.3 is 0 Å². The van der Waals surface area contributed by atoms with Gasteiger partial charge in [-0.1, -0.05) is 6.92 Å². The standard InChI is InChI=1S/C20H30N2O2/c1-5-24-16-8-9-18-17(12-16)15(2)13-20(3,4)22(18)19(23)14-21-10-6-7-11-21/h8-9,12,15H,5-7,10-11,13-14H2,1-4H3. The molecule has 4 heteroatoms. The first-order valence-corrected chi connectivity index (χ1v) is 9.24. The molecule has 1 fully saturated rings. The van der Waals surface area contributed by atoms with Crippen LogP contribution in [0.3, 0.4) is 0 Å². The van der Waals surface area contributed by atoms with Crippen molar-refractivity contribution in [3.63, 3.8) is 0 Å². The lowest BCUT2D eigenvalue weighted by Crippen LogP contribution is -2.54. The van der Waals surface area contributed by atoms with E-state index in [2.05, 4.69) is 37.8 Å². The van der Waals surface area contributed by atoms with Crippen LogP contribution in [-0.4, -0.2) is 42.6 Å². The van der Waals surface area contributed by atoms with Crippen LogP contribution >= 0.6 is 0 Å². The largest absolute Gasteiger partial charge is 0.494 e. The van der Waals surface area contributed by atoms with E-state index in [9.17, 15) is 4.79 Å². The highest BCUT2D eigenvalue weighted by Crippen LogP contribution is 2.44. The van der Waals surface area contributed by atoms with E-state index in [1.807, 2.05) is 17.9 Å². The number of carbonyl (C=O) groups excluding carboxylic acids is 1. The van der Waals surface area contributed by atoms with Crippen LogP contribution in [-0.2, 0) is 4.79 Å². The summed E-state index contributed by atoms with van der Waals surface area (Å²) in [5, 5.41) is 0. The Morgan fingerprint density at radius 1 is 1.29 bits per heavy atom. The molecule has 0 radical (unpaired) electrons. The Bertz CT molecular complexity index is 606. The van der Waals surface area contributed by atoms with E-state index >= 15 is 0 Å². The molecule has 0 saturated carbocycles. The lowest BCUT2D eigenvalue weighted by Gasteiger charge is -2.46. The first kappa shape index (κ1) is 17.3. The molecule has 24 heavy (non-hydrogen) atoms. The number of likely N-dealkylation sites (tertiary alicyclic amines) is 1. The molecule has 3 rings (SSSR count). The Morgan fingerprint density at radius 2 is 2.00 bits per heavy atom. The molecule has 0 aromatic heterocycles. The van der Waals surface area contributed by atoms with E-state index in [0.717, 1.165) is 30.9 Å². The molecule has 1 amide bonds. The Labute approximate surface area is 145 Å². The van der Waals surface area contributed by atoms with Gasteiger partial charge in [-0.25, -0.2) is 0 Å². The van der Waals surface area contributed by atoms with Crippen molar-refractivity contribution in [2.24, 2.45) is 0 Å². The number of benzene rings is 1. The van der Waals surface area contributed by atoms with E-state index in [1.165, 1.54) is 18.4 Å². The minimum absolute atomic E-state index is 0.156. The molecule has 1 aromatic carbocycles. The summed E-state index contributed by atoms with van der Waals surface area (Å²) in [6.45, 7) is 11.9. The van der Waals surface area contributed by atoms with Gasteiger partial charge in [-0.2, -0.15) is 0 Å². The van der Waals surface area contributed by atoms with E-state index in [4.69, 9.17) is 4.74 Å². The molecule has 0 N–H and O–H groups in total. The van der Waals surface area contributed by atoms with Gasteiger partial charge in [-0.15, -0.1) is 0 Å². The molecule has 2 heterocycles. The van der Waals surface area contributed by atoms with Crippen LogP contribution in [0, 0.1) is 0 Å². The zero-order valence-electron chi connectivity index (χ0n) is 15.5. The highest BCUT2D eigenvalue weighted by molar-refractivity contribution is 5.97. The van der Waals surface area contributed by atoms with Crippen LogP contribution < -0.4 is 9.64 Å². The molecule has 2 aliphatic rings. The van der Waals surface area contributed by atoms with Crippen LogP contribution in [0.2, 0.25) is 0 Å². The molecule has 1 unspecified atom stereocenters. The smallest absolute Gasteiger partial charge is 0.241 e. The van der Waals surface area contributed by atoms with Crippen molar-refractivity contribution in [2.75, 3.05) is 31.1 Å². The van der Waals surface area contributed by atoms with Crippen LogP contribution in [0.4, 0.5) is 5.69 Å².